The van der Waals surface area contributed by atoms with E-state index in [0.29, 0.717) is 5.25 Å². The molecule has 2 heterocycles. The minimum absolute atomic E-state index is 0.713. The first-order valence-electron chi connectivity index (χ1n) is 4.09. The number of aromatic nitrogens is 1. The van der Waals surface area contributed by atoms with Crippen LogP contribution in [-0.4, -0.2) is 22.0 Å². The number of ether oxygens (including phenoxy) is 1. The van der Waals surface area contributed by atoms with Crippen molar-refractivity contribution in [2.45, 2.75) is 18.1 Å². The standard InChI is InChI=1S/C8H11NOS2/c1-2-8(11-3-1)5-10-7-4-9-12-6-7/h4,6,8H,1-3,5H2. The zero-order valence-corrected chi connectivity index (χ0v) is 8.37. The third-order valence-electron chi connectivity index (χ3n) is 1.87. The maximum Gasteiger partial charge on any atom is 0.150 e. The highest BCUT2D eigenvalue weighted by atomic mass is 32.2. The predicted octanol–water partition coefficient (Wildman–Crippen LogP) is 2.42. The van der Waals surface area contributed by atoms with Crippen molar-refractivity contribution >= 4 is 23.3 Å². The first kappa shape index (κ1) is 8.38. The fourth-order valence-corrected chi connectivity index (χ4v) is 2.85. The number of hydrogen-bond acceptors (Lipinski definition) is 4. The molecule has 1 aromatic rings. The normalized spacial score (nSPS) is 22.8. The van der Waals surface area contributed by atoms with Gasteiger partial charge in [-0.2, -0.15) is 16.1 Å². The van der Waals surface area contributed by atoms with Gasteiger partial charge in [0.2, 0.25) is 0 Å². The van der Waals surface area contributed by atoms with Crippen LogP contribution in [0, 0.1) is 0 Å². The van der Waals surface area contributed by atoms with Gasteiger partial charge in [0.25, 0.3) is 0 Å². The average molecular weight is 201 g/mol. The maximum atomic E-state index is 5.56. The summed E-state index contributed by atoms with van der Waals surface area (Å²) in [5.74, 6) is 2.23. The van der Waals surface area contributed by atoms with Gasteiger partial charge < -0.3 is 4.74 Å². The van der Waals surface area contributed by atoms with Crippen molar-refractivity contribution in [1.82, 2.24) is 4.37 Å². The van der Waals surface area contributed by atoms with Gasteiger partial charge in [-0.25, -0.2) is 0 Å². The molecule has 1 unspecified atom stereocenters. The van der Waals surface area contributed by atoms with Crippen LogP contribution in [-0.2, 0) is 0 Å². The summed E-state index contributed by atoms with van der Waals surface area (Å²) in [7, 11) is 0. The van der Waals surface area contributed by atoms with Gasteiger partial charge in [-0.3, -0.25) is 0 Å². The first-order chi connectivity index (χ1) is 5.95. The zero-order chi connectivity index (χ0) is 8.23. The molecule has 0 spiro atoms. The number of thioether (sulfide) groups is 1. The summed E-state index contributed by atoms with van der Waals surface area (Å²) in [4.78, 5) is 0. The second kappa shape index (κ2) is 4.14. The van der Waals surface area contributed by atoms with Crippen molar-refractivity contribution in [3.8, 4) is 5.75 Å². The molecular formula is C8H11NOS2. The van der Waals surface area contributed by atoms with E-state index >= 15 is 0 Å². The monoisotopic (exact) mass is 201 g/mol. The van der Waals surface area contributed by atoms with Crippen LogP contribution in [0.1, 0.15) is 12.8 Å². The van der Waals surface area contributed by atoms with Crippen LogP contribution in [0.25, 0.3) is 0 Å². The minimum Gasteiger partial charge on any atom is -0.490 e. The smallest absolute Gasteiger partial charge is 0.150 e. The first-order valence-corrected chi connectivity index (χ1v) is 5.97. The Morgan fingerprint density at radius 3 is 3.33 bits per heavy atom. The highest BCUT2D eigenvalue weighted by Crippen LogP contribution is 2.26. The molecule has 1 aliphatic rings. The molecule has 0 aliphatic carbocycles. The Hall–Kier alpha value is -0.220. The highest BCUT2D eigenvalue weighted by Gasteiger charge is 2.15. The van der Waals surface area contributed by atoms with Gasteiger partial charge in [0.05, 0.1) is 11.6 Å². The molecule has 66 valence electrons. The predicted molar refractivity (Wildman–Crippen MR) is 53.1 cm³/mol. The Labute approximate surface area is 80.5 Å². The Balaban J connectivity index is 1.74. The fourth-order valence-electron chi connectivity index (χ4n) is 1.23. The van der Waals surface area contributed by atoms with Crippen LogP contribution in [0.4, 0.5) is 0 Å². The lowest BCUT2D eigenvalue weighted by Crippen LogP contribution is -2.10. The van der Waals surface area contributed by atoms with E-state index in [1.54, 1.807) is 6.20 Å². The second-order valence-electron chi connectivity index (χ2n) is 2.81. The summed E-state index contributed by atoms with van der Waals surface area (Å²) in [6, 6.07) is 0. The average Bonchev–Trinajstić information content (AvgIpc) is 2.74. The van der Waals surface area contributed by atoms with Gasteiger partial charge in [0.15, 0.2) is 0 Å². The molecule has 1 atom stereocenters. The molecule has 1 fully saturated rings. The van der Waals surface area contributed by atoms with Crippen LogP contribution >= 0.6 is 23.3 Å². The maximum absolute atomic E-state index is 5.56. The molecule has 1 aromatic heterocycles. The molecule has 1 aliphatic heterocycles. The van der Waals surface area contributed by atoms with E-state index in [2.05, 4.69) is 4.37 Å². The van der Waals surface area contributed by atoms with Crippen LogP contribution < -0.4 is 4.74 Å². The largest absolute Gasteiger partial charge is 0.490 e. The van der Waals surface area contributed by atoms with E-state index in [9.17, 15) is 0 Å². The summed E-state index contributed by atoms with van der Waals surface area (Å²) >= 11 is 3.46. The van der Waals surface area contributed by atoms with Crippen LogP contribution in [0.2, 0.25) is 0 Å². The summed E-state index contributed by atoms with van der Waals surface area (Å²) in [6.07, 6.45) is 4.44. The molecule has 4 heteroatoms. The van der Waals surface area contributed by atoms with Gasteiger partial charge in [0.1, 0.15) is 12.4 Å². The molecule has 0 bridgehead atoms. The molecule has 0 amide bonds. The quantitative estimate of drug-likeness (QED) is 0.750. The Morgan fingerprint density at radius 1 is 1.67 bits per heavy atom. The topological polar surface area (TPSA) is 22.1 Å². The van der Waals surface area contributed by atoms with Crippen molar-refractivity contribution in [3.05, 3.63) is 11.6 Å². The summed E-state index contributed by atoms with van der Waals surface area (Å²) in [6.45, 7) is 0.850. The molecule has 0 N–H and O–H groups in total. The summed E-state index contributed by atoms with van der Waals surface area (Å²) in [5, 5.41) is 2.66. The van der Waals surface area contributed by atoms with E-state index in [1.165, 1.54) is 30.1 Å². The molecule has 0 saturated carbocycles. The molecule has 2 rings (SSSR count). The lowest BCUT2D eigenvalue weighted by molar-refractivity contribution is 0.315. The molecule has 12 heavy (non-hydrogen) atoms. The van der Waals surface area contributed by atoms with Crippen LogP contribution in [0.5, 0.6) is 5.75 Å². The third kappa shape index (κ3) is 2.14. The number of hydrogen-bond donors (Lipinski definition) is 0. The number of rotatable bonds is 3. The Bertz CT molecular complexity index is 219. The minimum atomic E-state index is 0.713. The molecule has 2 nitrogen and oxygen atoms in total. The van der Waals surface area contributed by atoms with Gasteiger partial charge in [-0.15, -0.1) is 0 Å². The van der Waals surface area contributed by atoms with E-state index in [1.807, 2.05) is 17.1 Å². The Morgan fingerprint density at radius 2 is 2.67 bits per heavy atom. The van der Waals surface area contributed by atoms with Gasteiger partial charge in [0, 0.05) is 5.25 Å². The van der Waals surface area contributed by atoms with Crippen molar-refractivity contribution in [2.75, 3.05) is 12.4 Å². The van der Waals surface area contributed by atoms with Gasteiger partial charge in [-0.1, -0.05) is 0 Å². The van der Waals surface area contributed by atoms with E-state index in [-0.39, 0.29) is 0 Å². The van der Waals surface area contributed by atoms with Crippen molar-refractivity contribution in [3.63, 3.8) is 0 Å². The second-order valence-corrected chi connectivity index (χ2v) is 4.87. The lowest BCUT2D eigenvalue weighted by atomic mass is 10.3. The van der Waals surface area contributed by atoms with E-state index < -0.39 is 0 Å². The van der Waals surface area contributed by atoms with Gasteiger partial charge >= 0.3 is 0 Å². The third-order valence-corrected chi connectivity index (χ3v) is 3.80. The summed E-state index contributed by atoms with van der Waals surface area (Å²) in [5.41, 5.74) is 0. The van der Waals surface area contributed by atoms with Crippen molar-refractivity contribution < 1.29 is 4.74 Å². The van der Waals surface area contributed by atoms with Crippen LogP contribution in [0.15, 0.2) is 11.6 Å². The molecule has 1 saturated heterocycles. The van der Waals surface area contributed by atoms with Crippen molar-refractivity contribution in [2.24, 2.45) is 0 Å². The van der Waals surface area contributed by atoms with E-state index in [0.717, 1.165) is 12.4 Å². The fraction of sp³-hybridized carbons (Fsp3) is 0.625. The molecule has 0 radical (unpaired) electrons. The SMILES string of the molecule is c1nscc1OCC1CCCS1. The molecular weight excluding hydrogens is 190 g/mol. The van der Waals surface area contributed by atoms with Gasteiger partial charge in [-0.05, 0) is 30.1 Å². The number of nitrogens with zero attached hydrogens (tertiary/aromatic N) is 1. The lowest BCUT2D eigenvalue weighted by Gasteiger charge is -2.08. The van der Waals surface area contributed by atoms with E-state index in [4.69, 9.17) is 4.74 Å². The van der Waals surface area contributed by atoms with Crippen LogP contribution in [0.3, 0.4) is 0 Å². The highest BCUT2D eigenvalue weighted by molar-refractivity contribution is 8.00. The molecule has 0 aromatic carbocycles. The van der Waals surface area contributed by atoms with Crippen molar-refractivity contribution in [1.29, 1.82) is 0 Å². The zero-order valence-electron chi connectivity index (χ0n) is 6.73. The summed E-state index contributed by atoms with van der Waals surface area (Å²) < 4.78 is 9.53. The Kier molecular flexibility index (Phi) is 2.89.